The minimum absolute atomic E-state index is 0.117. The van der Waals surface area contributed by atoms with Crippen molar-refractivity contribution in [3.8, 4) is 0 Å². The maximum absolute atomic E-state index is 11.9. The molecule has 1 N–H and O–H groups in total. The van der Waals surface area contributed by atoms with Crippen LogP contribution in [-0.2, 0) is 4.74 Å². The standard InChI is InChI=1S/C12H9N3O5S/c1-20-12(17)7-2-4-9(13-6-7)14-11(16)8-3-5-10(21-8)15(18)19/h2-6H,1H3,(H,13,14,16). The number of nitrogens with one attached hydrogen (secondary N) is 1. The van der Waals surface area contributed by atoms with Gasteiger partial charge in [-0.25, -0.2) is 9.78 Å². The van der Waals surface area contributed by atoms with E-state index in [1.165, 1.54) is 37.6 Å². The molecule has 1 amide bonds. The quantitative estimate of drug-likeness (QED) is 0.526. The highest BCUT2D eigenvalue weighted by molar-refractivity contribution is 7.17. The van der Waals surface area contributed by atoms with Gasteiger partial charge in [-0.3, -0.25) is 14.9 Å². The number of esters is 1. The van der Waals surface area contributed by atoms with Crippen LogP contribution < -0.4 is 5.32 Å². The number of hydrogen-bond acceptors (Lipinski definition) is 7. The molecule has 2 aromatic heterocycles. The molecule has 0 unspecified atom stereocenters. The monoisotopic (exact) mass is 307 g/mol. The minimum Gasteiger partial charge on any atom is -0.465 e. The van der Waals surface area contributed by atoms with Gasteiger partial charge in [-0.2, -0.15) is 0 Å². The van der Waals surface area contributed by atoms with Crippen LogP contribution in [0.15, 0.2) is 30.5 Å². The Morgan fingerprint density at radius 2 is 2.10 bits per heavy atom. The van der Waals surface area contributed by atoms with Gasteiger partial charge in [0, 0.05) is 12.3 Å². The Labute approximate surface area is 122 Å². The Bertz CT molecular complexity index is 695. The summed E-state index contributed by atoms with van der Waals surface area (Å²) in [5.74, 6) is -0.815. The number of aromatic nitrogens is 1. The summed E-state index contributed by atoms with van der Waals surface area (Å²) in [6.45, 7) is 0. The molecule has 21 heavy (non-hydrogen) atoms. The zero-order valence-corrected chi connectivity index (χ0v) is 11.5. The van der Waals surface area contributed by atoms with E-state index in [9.17, 15) is 19.7 Å². The minimum atomic E-state index is -0.565. The predicted molar refractivity (Wildman–Crippen MR) is 74.5 cm³/mol. The number of anilines is 1. The number of carbonyl (C=O) groups is 2. The molecular formula is C12H9N3O5S. The normalized spacial score (nSPS) is 9.95. The highest BCUT2D eigenvalue weighted by Gasteiger charge is 2.16. The zero-order chi connectivity index (χ0) is 15.4. The van der Waals surface area contributed by atoms with Gasteiger partial charge >= 0.3 is 11.0 Å². The summed E-state index contributed by atoms with van der Waals surface area (Å²) in [7, 11) is 1.25. The SMILES string of the molecule is COC(=O)c1ccc(NC(=O)c2ccc([N+](=O)[O-])s2)nc1. The van der Waals surface area contributed by atoms with Crippen molar-refractivity contribution >= 4 is 34.0 Å². The molecule has 8 nitrogen and oxygen atoms in total. The number of methoxy groups -OCH3 is 1. The summed E-state index contributed by atoms with van der Waals surface area (Å²) in [5.41, 5.74) is 0.252. The van der Waals surface area contributed by atoms with Crippen LogP contribution in [0.3, 0.4) is 0 Å². The van der Waals surface area contributed by atoms with Crippen LogP contribution in [-0.4, -0.2) is 28.9 Å². The maximum Gasteiger partial charge on any atom is 0.339 e. The van der Waals surface area contributed by atoms with Gasteiger partial charge in [-0.05, 0) is 18.2 Å². The molecule has 0 spiro atoms. The van der Waals surface area contributed by atoms with Crippen LogP contribution in [0, 0.1) is 10.1 Å². The topological polar surface area (TPSA) is 111 Å². The number of carbonyl (C=O) groups excluding carboxylic acids is 2. The van der Waals surface area contributed by atoms with E-state index >= 15 is 0 Å². The molecule has 2 rings (SSSR count). The third-order valence-corrected chi connectivity index (χ3v) is 3.46. The number of nitrogens with zero attached hydrogens (tertiary/aromatic N) is 2. The first-order chi connectivity index (χ1) is 10.0. The number of thiophene rings is 1. The van der Waals surface area contributed by atoms with Crippen molar-refractivity contribution < 1.29 is 19.2 Å². The zero-order valence-electron chi connectivity index (χ0n) is 10.7. The molecule has 0 aliphatic carbocycles. The fourth-order valence-corrected chi connectivity index (χ4v) is 2.15. The lowest BCUT2D eigenvalue weighted by Gasteiger charge is -2.03. The summed E-state index contributed by atoms with van der Waals surface area (Å²) in [6, 6.07) is 5.51. The molecule has 0 fully saturated rings. The van der Waals surface area contributed by atoms with Crippen molar-refractivity contribution in [3.63, 3.8) is 0 Å². The van der Waals surface area contributed by atoms with E-state index in [-0.39, 0.29) is 21.3 Å². The van der Waals surface area contributed by atoms with Gasteiger partial charge in [0.25, 0.3) is 5.91 Å². The van der Waals surface area contributed by atoms with Gasteiger partial charge in [-0.1, -0.05) is 11.3 Å². The molecule has 0 bridgehead atoms. The molecule has 0 aliphatic heterocycles. The molecule has 9 heteroatoms. The number of amides is 1. The largest absolute Gasteiger partial charge is 0.465 e. The first-order valence-electron chi connectivity index (χ1n) is 5.61. The van der Waals surface area contributed by atoms with Crippen molar-refractivity contribution in [2.75, 3.05) is 12.4 Å². The molecule has 0 aromatic carbocycles. The second-order valence-electron chi connectivity index (χ2n) is 3.77. The van der Waals surface area contributed by atoms with Gasteiger partial charge in [-0.15, -0.1) is 0 Å². The van der Waals surface area contributed by atoms with Gasteiger partial charge in [0.2, 0.25) is 0 Å². The number of ether oxygens (including phenoxy) is 1. The van der Waals surface area contributed by atoms with Crippen LogP contribution in [0.2, 0.25) is 0 Å². The summed E-state index contributed by atoms with van der Waals surface area (Å²) in [6.07, 6.45) is 1.26. The lowest BCUT2D eigenvalue weighted by molar-refractivity contribution is -0.380. The molecule has 2 aromatic rings. The second kappa shape index (κ2) is 6.09. The van der Waals surface area contributed by atoms with Crippen LogP contribution in [0.4, 0.5) is 10.8 Å². The number of pyridine rings is 1. The van der Waals surface area contributed by atoms with Crippen LogP contribution in [0.25, 0.3) is 0 Å². The predicted octanol–water partition coefficient (Wildman–Crippen LogP) is 2.09. The third kappa shape index (κ3) is 3.39. The van der Waals surface area contributed by atoms with E-state index in [1.807, 2.05) is 0 Å². The number of nitro groups is 1. The van der Waals surface area contributed by atoms with Crippen molar-refractivity contribution in [2.45, 2.75) is 0 Å². The summed E-state index contributed by atoms with van der Waals surface area (Å²) in [4.78, 5) is 37.2. The highest BCUT2D eigenvalue weighted by atomic mass is 32.1. The lowest BCUT2D eigenvalue weighted by atomic mass is 10.3. The van der Waals surface area contributed by atoms with Crippen molar-refractivity contribution in [1.82, 2.24) is 4.98 Å². The molecule has 0 radical (unpaired) electrons. The molecule has 0 saturated heterocycles. The summed E-state index contributed by atoms with van der Waals surface area (Å²) in [5, 5.41) is 12.9. The van der Waals surface area contributed by atoms with Gasteiger partial charge < -0.3 is 10.1 Å². The first-order valence-corrected chi connectivity index (χ1v) is 6.43. The van der Waals surface area contributed by atoms with E-state index in [4.69, 9.17) is 0 Å². The van der Waals surface area contributed by atoms with Gasteiger partial charge in [0.05, 0.1) is 22.5 Å². The number of hydrogen-bond donors (Lipinski definition) is 1. The smallest absolute Gasteiger partial charge is 0.339 e. The fraction of sp³-hybridized carbons (Fsp3) is 0.0833. The Balaban J connectivity index is 2.08. The molecule has 2 heterocycles. The second-order valence-corrected chi connectivity index (χ2v) is 4.84. The molecule has 108 valence electrons. The fourth-order valence-electron chi connectivity index (χ4n) is 1.43. The highest BCUT2D eigenvalue weighted by Crippen LogP contribution is 2.24. The van der Waals surface area contributed by atoms with Crippen molar-refractivity contribution in [2.24, 2.45) is 0 Å². The van der Waals surface area contributed by atoms with Crippen LogP contribution in [0.1, 0.15) is 20.0 Å². The summed E-state index contributed by atoms with van der Waals surface area (Å²) >= 11 is 0.767. The molecule has 0 saturated carbocycles. The Kier molecular flexibility index (Phi) is 4.24. The molecular weight excluding hydrogens is 298 g/mol. The Hall–Kier alpha value is -2.81. The summed E-state index contributed by atoms with van der Waals surface area (Å²) < 4.78 is 4.52. The van der Waals surface area contributed by atoms with E-state index in [0.717, 1.165) is 11.3 Å². The number of rotatable bonds is 4. The van der Waals surface area contributed by atoms with Crippen molar-refractivity contribution in [3.05, 3.63) is 51.0 Å². The van der Waals surface area contributed by atoms with Gasteiger partial charge in [0.15, 0.2) is 0 Å². The average molecular weight is 307 g/mol. The Morgan fingerprint density at radius 1 is 1.33 bits per heavy atom. The Morgan fingerprint density at radius 3 is 2.62 bits per heavy atom. The third-order valence-electron chi connectivity index (χ3n) is 2.42. The van der Waals surface area contributed by atoms with E-state index in [0.29, 0.717) is 0 Å². The van der Waals surface area contributed by atoms with Crippen LogP contribution in [0.5, 0.6) is 0 Å². The van der Waals surface area contributed by atoms with Crippen molar-refractivity contribution in [1.29, 1.82) is 0 Å². The molecule has 0 aliphatic rings. The lowest BCUT2D eigenvalue weighted by Crippen LogP contribution is -2.11. The maximum atomic E-state index is 11.9. The van der Waals surface area contributed by atoms with Crippen LogP contribution >= 0.6 is 11.3 Å². The van der Waals surface area contributed by atoms with Gasteiger partial charge in [0.1, 0.15) is 5.82 Å². The van der Waals surface area contributed by atoms with E-state index in [2.05, 4.69) is 15.0 Å². The average Bonchev–Trinajstić information content (AvgIpc) is 2.97. The van der Waals surface area contributed by atoms with E-state index < -0.39 is 16.8 Å². The van der Waals surface area contributed by atoms with E-state index in [1.54, 1.807) is 0 Å². The first kappa shape index (κ1) is 14.6. The molecule has 0 atom stereocenters.